The molecule has 654 valence electrons. The minimum Gasteiger partial charge on any atom is -0.309 e. The lowest BCUT2D eigenvalue weighted by Gasteiger charge is -2.35. The zero-order valence-electron chi connectivity index (χ0n) is 80.9. The van der Waals surface area contributed by atoms with Crippen LogP contribution in [-0.4, -0.2) is 29.9 Å². The molecule has 0 atom stereocenters. The lowest BCUT2D eigenvalue weighted by atomic mass is 9.87. The minimum absolute atomic E-state index is 0.0153. The van der Waals surface area contributed by atoms with Crippen molar-refractivity contribution in [3.05, 3.63) is 491 Å². The molecular formula is C132H81N9. The first-order valence-corrected chi connectivity index (χ1v) is 47.6. The Balaban J connectivity index is 0.000000106. The average Bonchev–Trinajstić information content (AvgIpc) is 0.713. The Hall–Kier alpha value is -19.0. The van der Waals surface area contributed by atoms with Crippen molar-refractivity contribution in [1.29, 1.82) is 0 Å². The van der Waals surface area contributed by atoms with Gasteiger partial charge in [-0.15, -0.1) is 0 Å². The van der Waals surface area contributed by atoms with E-state index in [-0.39, 0.29) is 23.3 Å². The first-order chi connectivity index (χ1) is 72.0. The molecule has 3 aliphatic rings. The summed E-state index contributed by atoms with van der Waals surface area (Å²) in [4.78, 5) is 38.6. The zero-order valence-corrected chi connectivity index (χ0v) is 75.9. The van der Waals surface area contributed by atoms with Crippen LogP contribution in [0, 0.1) is 0 Å². The van der Waals surface area contributed by atoms with Crippen LogP contribution >= 0.6 is 0 Å². The van der Waals surface area contributed by atoms with Crippen molar-refractivity contribution in [2.24, 2.45) is 0 Å². The van der Waals surface area contributed by atoms with Crippen molar-refractivity contribution in [2.45, 2.75) is 0 Å². The van der Waals surface area contributed by atoms with Gasteiger partial charge in [-0.3, -0.25) is 0 Å². The molecule has 9 nitrogen and oxygen atoms in total. The predicted octanol–water partition coefficient (Wildman–Crippen LogP) is 35.6. The Bertz CT molecular complexity index is 10200. The molecule has 0 spiro atoms. The molecule has 3 aliphatic heterocycles. The van der Waals surface area contributed by atoms with Gasteiger partial charge in [0, 0.05) is 71.9 Å². The molecule has 0 N–H and O–H groups in total. The Morgan fingerprint density at radius 3 is 0.908 bits per heavy atom. The van der Waals surface area contributed by atoms with Crippen molar-refractivity contribution in [1.82, 2.24) is 29.9 Å². The quantitative estimate of drug-likeness (QED) is 0.131. The number of rotatable bonds is 9. The molecule has 6 heterocycles. The Kier molecular flexibility index (Phi) is 17.6. The van der Waals surface area contributed by atoms with Crippen LogP contribution in [0.4, 0.5) is 51.2 Å². The minimum atomic E-state index is -0.451. The maximum absolute atomic E-state index is 8.87. The first-order valence-electron chi connectivity index (χ1n) is 50.1. The van der Waals surface area contributed by atoms with E-state index in [0.717, 1.165) is 145 Å². The van der Waals surface area contributed by atoms with Crippen LogP contribution in [0.15, 0.2) is 491 Å². The molecule has 0 radical (unpaired) electrons. The second-order valence-corrected chi connectivity index (χ2v) is 36.1. The van der Waals surface area contributed by atoms with Crippen molar-refractivity contribution in [3.63, 3.8) is 0 Å². The third-order valence-corrected chi connectivity index (χ3v) is 28.3. The van der Waals surface area contributed by atoms with Crippen molar-refractivity contribution >= 4 is 181 Å². The van der Waals surface area contributed by atoms with Gasteiger partial charge in [0.15, 0.2) is 0 Å². The molecule has 0 amide bonds. The fourth-order valence-electron chi connectivity index (χ4n) is 22.2. The van der Waals surface area contributed by atoms with Crippen LogP contribution in [0.25, 0.3) is 231 Å². The van der Waals surface area contributed by atoms with Crippen molar-refractivity contribution in [2.75, 3.05) is 14.7 Å². The van der Waals surface area contributed by atoms with Crippen LogP contribution in [-0.2, 0) is 0 Å². The van der Waals surface area contributed by atoms with Gasteiger partial charge in [0.25, 0.3) is 0 Å². The summed E-state index contributed by atoms with van der Waals surface area (Å²) in [5.41, 5.74) is 30.9. The van der Waals surface area contributed by atoms with Gasteiger partial charge in [-0.25, -0.2) is 29.9 Å². The van der Waals surface area contributed by atoms with Crippen LogP contribution in [0.2, 0.25) is 0 Å². The molecule has 0 saturated heterocycles. The Morgan fingerprint density at radius 2 is 0.454 bits per heavy atom. The van der Waals surface area contributed by atoms with Gasteiger partial charge < -0.3 is 14.7 Å². The highest BCUT2D eigenvalue weighted by Crippen LogP contribution is 2.60. The molecule has 24 aromatic carbocycles. The number of aromatic nitrogens is 6. The third-order valence-electron chi connectivity index (χ3n) is 28.3. The molecule has 141 heavy (non-hydrogen) atoms. The molecule has 0 aliphatic carbocycles. The Labute approximate surface area is 819 Å². The van der Waals surface area contributed by atoms with Gasteiger partial charge in [0.05, 0.1) is 120 Å². The number of hydrogen-bond acceptors (Lipinski definition) is 9. The van der Waals surface area contributed by atoms with Gasteiger partial charge in [0.2, 0.25) is 0 Å². The SMILES string of the molecule is [2H]c1c([2H])c([2H])c(-c2nc3ccccc3nc2-c2ccccc2N2c3ccc4ccccc4c3-c3cccc4cccc2c34)c([2H])c1[2H].c1ccc(N2c3ccc4ccccc4c3-c3cccc4cccc2c34)c(-c2nc3ccccc3nc2-c2cccc3ccccc23)c1.c1ccc2c3c(ccc2c1)N(c1ccc(-c2nc4ccccc4nc2-c2cc4ccccc4c4ccccc24)cc1)c1cccc2cccc-3c12. The summed E-state index contributed by atoms with van der Waals surface area (Å²) in [6.45, 7) is 0. The summed E-state index contributed by atoms with van der Waals surface area (Å²) >= 11 is 0. The lowest BCUT2D eigenvalue weighted by Crippen LogP contribution is -2.16. The number of hydrogen-bond donors (Lipinski definition) is 0. The highest BCUT2D eigenvalue weighted by molar-refractivity contribution is 6.24. The summed E-state index contributed by atoms with van der Waals surface area (Å²) in [6.07, 6.45) is 0. The number of nitrogens with zero attached hydrogens (tertiary/aromatic N) is 9. The highest BCUT2D eigenvalue weighted by Gasteiger charge is 2.35. The molecule has 0 fully saturated rings. The number of anilines is 9. The van der Waals surface area contributed by atoms with E-state index in [2.05, 4.69) is 403 Å². The van der Waals surface area contributed by atoms with Gasteiger partial charge >= 0.3 is 0 Å². The molecule has 0 bridgehead atoms. The normalized spacial score (nSPS) is 12.7. The summed E-state index contributed by atoms with van der Waals surface area (Å²) in [5, 5.41) is 21.7. The zero-order chi connectivity index (χ0) is 97.0. The van der Waals surface area contributed by atoms with Gasteiger partial charge in [0.1, 0.15) is 0 Å². The van der Waals surface area contributed by atoms with E-state index in [0.29, 0.717) is 22.3 Å². The maximum atomic E-state index is 8.87. The number of fused-ring (bicyclic) bond motifs is 19. The second-order valence-electron chi connectivity index (χ2n) is 36.1. The fourth-order valence-corrected chi connectivity index (χ4v) is 22.2. The molecule has 30 rings (SSSR count). The molecule has 0 unspecified atom stereocenters. The predicted molar refractivity (Wildman–Crippen MR) is 590 cm³/mol. The molecule has 3 aromatic heterocycles. The second kappa shape index (κ2) is 33.0. The highest BCUT2D eigenvalue weighted by atomic mass is 15.2. The maximum Gasteiger partial charge on any atom is 0.0994 e. The van der Waals surface area contributed by atoms with E-state index in [9.17, 15) is 0 Å². The molecule has 27 aromatic rings. The molecule has 0 saturated carbocycles. The third kappa shape index (κ3) is 13.2. The van der Waals surface area contributed by atoms with E-state index >= 15 is 0 Å². The summed E-state index contributed by atoms with van der Waals surface area (Å²) in [5.74, 6) is 0. The van der Waals surface area contributed by atoms with Gasteiger partial charge in [-0.05, 0) is 201 Å². The smallest absolute Gasteiger partial charge is 0.0994 e. The Morgan fingerprint density at radius 1 is 0.163 bits per heavy atom. The van der Waals surface area contributed by atoms with E-state index in [1.165, 1.54) is 104 Å². The van der Waals surface area contributed by atoms with E-state index in [4.69, 9.17) is 36.8 Å². The number of para-hydroxylation sites is 8. The van der Waals surface area contributed by atoms with Crippen LogP contribution in [0.1, 0.15) is 6.85 Å². The number of benzene rings is 24. The van der Waals surface area contributed by atoms with Gasteiger partial charge in [-0.1, -0.05) is 388 Å². The van der Waals surface area contributed by atoms with Crippen LogP contribution in [0.3, 0.4) is 0 Å². The van der Waals surface area contributed by atoms with E-state index in [1.807, 2.05) is 72.8 Å². The van der Waals surface area contributed by atoms with E-state index < -0.39 is 18.1 Å². The fraction of sp³-hybridized carbons (Fsp3) is 0. The monoisotopic (exact) mass is 1800 g/mol. The van der Waals surface area contributed by atoms with Crippen LogP contribution in [0.5, 0.6) is 0 Å². The standard InChI is InChI=1S/C48H29N3.C44H27N3.C40H25N3/c1-4-16-36-30(11-1)25-28-44-46(36)39-19-9-13-31-14-10-22-43(45(31)39)51(44)34-26-23-32(24-27-34)47-48(50-42-21-8-7-20-41(42)49-47)40-29-33-12-2-3-15-35(33)37-17-5-6-18-38(37)40;1-3-17-31-28(12-1)14-9-20-33(31)43-44(46-37-23-7-6-22-36(37)45-43)34-19-5-8-24-38(34)47-39-25-11-16-30-15-10-21-35(41(30)39)42-32-18-4-2-13-29(32)26-27-40(42)47;1-2-13-28(14-3-1)39-40(42-33-21-8-7-20-32(33)41-39)30-18-6-9-22-34(30)43-35-23-11-16-27-15-10-19-31(37(27)35)38-29-17-5-4-12-26(29)24-25-36(38)43/h1-29H;1-27H;1-25H/i;;1D,2D,3D,13D,14D. The molecule has 9 heteroatoms. The van der Waals surface area contributed by atoms with Gasteiger partial charge in [-0.2, -0.15) is 0 Å². The largest absolute Gasteiger partial charge is 0.309 e. The van der Waals surface area contributed by atoms with Crippen LogP contribution < -0.4 is 14.7 Å². The summed E-state index contributed by atoms with van der Waals surface area (Å²) in [6, 6.07) is 160. The van der Waals surface area contributed by atoms with Crippen molar-refractivity contribution in [3.8, 4) is 101 Å². The van der Waals surface area contributed by atoms with Crippen molar-refractivity contribution < 1.29 is 6.85 Å². The molecular weight excluding hydrogens is 1710 g/mol. The lowest BCUT2D eigenvalue weighted by molar-refractivity contribution is 1.26. The first kappa shape index (κ1) is 75.4. The van der Waals surface area contributed by atoms with E-state index in [1.54, 1.807) is 0 Å². The summed E-state index contributed by atoms with van der Waals surface area (Å²) in [7, 11) is 0. The topological polar surface area (TPSA) is 87.1 Å². The average molecular weight is 1800 g/mol. The summed E-state index contributed by atoms with van der Waals surface area (Å²) < 4.78 is 42.8.